The van der Waals surface area contributed by atoms with E-state index in [2.05, 4.69) is 67.2 Å². The Hall–Kier alpha value is -2.99. The van der Waals surface area contributed by atoms with Crippen molar-refractivity contribution in [2.75, 3.05) is 16.8 Å². The Morgan fingerprint density at radius 1 is 0.971 bits per heavy atom. The third-order valence-corrected chi connectivity index (χ3v) is 6.51. The zero-order chi connectivity index (χ0) is 24.8. The van der Waals surface area contributed by atoms with Gasteiger partial charge >= 0.3 is 0 Å². The quantitative estimate of drug-likeness (QED) is 0.186. The molecule has 0 unspecified atom stereocenters. The van der Waals surface area contributed by atoms with Gasteiger partial charge in [-0.05, 0) is 87.5 Å². The average molecular weight is 525 g/mol. The molecule has 0 aromatic heterocycles. The standard InChI is InChI=1S/C28H33BrN2O3/c1-18(2)8-5-9-19(3)10-6-11-20(4)14-15-31-24-17-26(33)22(29)16-23(24)30-27-21(28(31)34)12-7-13-25(27)32/h7-8,10,12-14,16-17,30,32-33H,5-6,9,11,15H2,1-4H3/b19-10+,20-14+. The van der Waals surface area contributed by atoms with Crippen LogP contribution in [0.4, 0.5) is 17.1 Å². The molecule has 34 heavy (non-hydrogen) atoms. The molecule has 5 nitrogen and oxygen atoms in total. The molecule has 3 N–H and O–H groups in total. The largest absolute Gasteiger partial charge is 0.507 e. The van der Waals surface area contributed by atoms with E-state index in [1.165, 1.54) is 16.7 Å². The predicted molar refractivity (Wildman–Crippen MR) is 144 cm³/mol. The lowest BCUT2D eigenvalue weighted by Gasteiger charge is -2.22. The number of nitrogens with one attached hydrogen (secondary N) is 1. The molecule has 0 bridgehead atoms. The molecule has 1 heterocycles. The van der Waals surface area contributed by atoms with Crippen molar-refractivity contribution in [3.8, 4) is 11.5 Å². The molecule has 0 fully saturated rings. The maximum atomic E-state index is 13.5. The summed E-state index contributed by atoms with van der Waals surface area (Å²) in [5.41, 5.74) is 5.86. The van der Waals surface area contributed by atoms with Crippen molar-refractivity contribution in [1.82, 2.24) is 0 Å². The summed E-state index contributed by atoms with van der Waals surface area (Å²) >= 11 is 3.34. The van der Waals surface area contributed by atoms with Gasteiger partial charge in [0.2, 0.25) is 0 Å². The molecule has 0 spiro atoms. The maximum Gasteiger partial charge on any atom is 0.260 e. The van der Waals surface area contributed by atoms with Gasteiger partial charge in [0.05, 0.1) is 27.1 Å². The van der Waals surface area contributed by atoms with Crippen LogP contribution in [0.1, 0.15) is 63.7 Å². The number of carbonyl (C=O) groups is 1. The molecule has 0 atom stereocenters. The number of rotatable bonds is 8. The molecular weight excluding hydrogens is 492 g/mol. The van der Waals surface area contributed by atoms with Crippen molar-refractivity contribution in [2.45, 2.75) is 53.4 Å². The van der Waals surface area contributed by atoms with E-state index in [0.717, 1.165) is 25.7 Å². The number of nitrogens with zero attached hydrogens (tertiary/aromatic N) is 1. The second kappa shape index (κ2) is 11.4. The van der Waals surface area contributed by atoms with Crippen LogP contribution in [-0.4, -0.2) is 22.7 Å². The SMILES string of the molecule is CC(C)=CCC/C(C)=C/CC/C(C)=C/CN1C(=O)c2cccc(O)c2Nc2cc(Br)c(O)cc21. The lowest BCUT2D eigenvalue weighted by molar-refractivity contribution is 0.0991. The number of halogens is 1. The van der Waals surface area contributed by atoms with Crippen LogP contribution in [0.5, 0.6) is 11.5 Å². The summed E-state index contributed by atoms with van der Waals surface area (Å²) in [6.07, 6.45) is 10.6. The molecule has 1 amide bonds. The number of anilines is 3. The summed E-state index contributed by atoms with van der Waals surface area (Å²) in [4.78, 5) is 15.1. The highest BCUT2D eigenvalue weighted by molar-refractivity contribution is 9.10. The van der Waals surface area contributed by atoms with E-state index in [4.69, 9.17) is 0 Å². The fourth-order valence-electron chi connectivity index (χ4n) is 3.88. The first kappa shape index (κ1) is 25.6. The molecular formula is C28H33BrN2O3. The summed E-state index contributed by atoms with van der Waals surface area (Å²) in [6.45, 7) is 8.86. The molecule has 180 valence electrons. The van der Waals surface area contributed by atoms with Crippen LogP contribution in [0.2, 0.25) is 0 Å². The van der Waals surface area contributed by atoms with Crippen molar-refractivity contribution >= 4 is 38.9 Å². The minimum atomic E-state index is -0.238. The van der Waals surface area contributed by atoms with Crippen LogP contribution in [-0.2, 0) is 0 Å². The minimum absolute atomic E-state index is 0.00122. The monoisotopic (exact) mass is 524 g/mol. The fraction of sp³-hybridized carbons (Fsp3) is 0.321. The number of hydrogen-bond donors (Lipinski definition) is 3. The number of hydrogen-bond acceptors (Lipinski definition) is 4. The second-order valence-electron chi connectivity index (χ2n) is 9.02. The highest BCUT2D eigenvalue weighted by Crippen LogP contribution is 2.43. The third kappa shape index (κ3) is 6.32. The molecule has 0 saturated heterocycles. The maximum absolute atomic E-state index is 13.5. The van der Waals surface area contributed by atoms with Gasteiger partial charge in [0.25, 0.3) is 5.91 Å². The van der Waals surface area contributed by atoms with Gasteiger partial charge in [0, 0.05) is 12.6 Å². The molecule has 1 aliphatic rings. The summed E-state index contributed by atoms with van der Waals surface area (Å²) in [7, 11) is 0. The number of amides is 1. The van der Waals surface area contributed by atoms with E-state index in [1.54, 1.807) is 35.2 Å². The van der Waals surface area contributed by atoms with Crippen LogP contribution >= 0.6 is 15.9 Å². The number of fused-ring (bicyclic) bond motifs is 2. The van der Waals surface area contributed by atoms with Gasteiger partial charge in [-0.25, -0.2) is 0 Å². The zero-order valence-corrected chi connectivity index (χ0v) is 21.9. The lowest BCUT2D eigenvalue weighted by Crippen LogP contribution is -2.30. The van der Waals surface area contributed by atoms with Gasteiger partial charge in [0.1, 0.15) is 11.5 Å². The van der Waals surface area contributed by atoms with E-state index in [0.29, 0.717) is 33.6 Å². The van der Waals surface area contributed by atoms with Crippen molar-refractivity contribution in [3.05, 3.63) is 75.3 Å². The molecule has 1 aliphatic heterocycles. The van der Waals surface area contributed by atoms with E-state index in [-0.39, 0.29) is 17.4 Å². The summed E-state index contributed by atoms with van der Waals surface area (Å²) < 4.78 is 0.503. The van der Waals surface area contributed by atoms with E-state index < -0.39 is 0 Å². The highest BCUT2D eigenvalue weighted by atomic mass is 79.9. The van der Waals surface area contributed by atoms with Crippen LogP contribution < -0.4 is 10.2 Å². The molecule has 3 rings (SSSR count). The molecule has 0 radical (unpaired) electrons. The van der Waals surface area contributed by atoms with Gasteiger partial charge in [-0.15, -0.1) is 0 Å². The molecule has 0 aliphatic carbocycles. The van der Waals surface area contributed by atoms with Crippen LogP contribution in [0.15, 0.2) is 69.8 Å². The molecule has 2 aromatic rings. The average Bonchev–Trinajstić information content (AvgIpc) is 2.88. The molecule has 6 heteroatoms. The van der Waals surface area contributed by atoms with E-state index >= 15 is 0 Å². The first-order valence-corrected chi connectivity index (χ1v) is 12.3. The summed E-state index contributed by atoms with van der Waals surface area (Å²) in [6, 6.07) is 8.17. The molecule has 2 aromatic carbocycles. The van der Waals surface area contributed by atoms with E-state index in [1.807, 2.05) is 0 Å². The third-order valence-electron chi connectivity index (χ3n) is 5.88. The number of benzene rings is 2. The van der Waals surface area contributed by atoms with Crippen molar-refractivity contribution in [2.24, 2.45) is 0 Å². The van der Waals surface area contributed by atoms with Gasteiger partial charge in [-0.1, -0.05) is 41.0 Å². The Labute approximate surface area is 210 Å². The van der Waals surface area contributed by atoms with Crippen LogP contribution in [0, 0.1) is 0 Å². The van der Waals surface area contributed by atoms with Gasteiger partial charge in [-0.2, -0.15) is 0 Å². The summed E-state index contributed by atoms with van der Waals surface area (Å²) in [5, 5.41) is 23.8. The van der Waals surface area contributed by atoms with Crippen LogP contribution in [0.25, 0.3) is 0 Å². The highest BCUT2D eigenvalue weighted by Gasteiger charge is 2.28. The first-order valence-electron chi connectivity index (χ1n) is 11.6. The topological polar surface area (TPSA) is 72.8 Å². The Balaban J connectivity index is 1.79. The number of allylic oxidation sites excluding steroid dienone is 5. The predicted octanol–water partition coefficient (Wildman–Crippen LogP) is 7.98. The Kier molecular flexibility index (Phi) is 8.61. The zero-order valence-electron chi connectivity index (χ0n) is 20.3. The fourth-order valence-corrected chi connectivity index (χ4v) is 4.22. The lowest BCUT2D eigenvalue weighted by atomic mass is 10.1. The molecule has 0 saturated carbocycles. The van der Waals surface area contributed by atoms with E-state index in [9.17, 15) is 15.0 Å². The Morgan fingerprint density at radius 3 is 2.35 bits per heavy atom. The van der Waals surface area contributed by atoms with Crippen molar-refractivity contribution in [3.63, 3.8) is 0 Å². The number of aromatic hydroxyl groups is 2. The van der Waals surface area contributed by atoms with Crippen molar-refractivity contribution < 1.29 is 15.0 Å². The minimum Gasteiger partial charge on any atom is -0.507 e. The van der Waals surface area contributed by atoms with Crippen molar-refractivity contribution in [1.29, 1.82) is 0 Å². The Morgan fingerprint density at radius 2 is 1.65 bits per heavy atom. The number of phenols is 2. The number of para-hydroxylation sites is 1. The summed E-state index contributed by atoms with van der Waals surface area (Å²) in [5.74, 6) is -0.192. The van der Waals surface area contributed by atoms with Crippen LogP contribution in [0.3, 0.4) is 0 Å². The Bertz CT molecular complexity index is 1160. The van der Waals surface area contributed by atoms with Gasteiger partial charge < -0.3 is 20.4 Å². The number of phenolic OH excluding ortho intramolecular Hbond substituents is 2. The second-order valence-corrected chi connectivity index (χ2v) is 9.88. The van der Waals surface area contributed by atoms with Gasteiger partial charge in [-0.3, -0.25) is 4.79 Å². The first-order chi connectivity index (χ1) is 16.2. The van der Waals surface area contributed by atoms with Gasteiger partial charge in [0.15, 0.2) is 0 Å². The smallest absolute Gasteiger partial charge is 0.260 e. The normalized spacial score (nSPS) is 13.7. The number of carbonyl (C=O) groups excluding carboxylic acids is 1.